The summed E-state index contributed by atoms with van der Waals surface area (Å²) < 4.78 is 6.85. The third kappa shape index (κ3) is 4.28. The van der Waals surface area contributed by atoms with E-state index in [0.717, 1.165) is 24.9 Å². The van der Waals surface area contributed by atoms with E-state index in [1.54, 1.807) is 9.80 Å². The highest BCUT2D eigenvalue weighted by atomic mass is 16.5. The number of carbonyl (C=O) groups is 3. The van der Waals surface area contributed by atoms with Gasteiger partial charge in [-0.3, -0.25) is 14.4 Å². The van der Waals surface area contributed by atoms with E-state index >= 15 is 0 Å². The Labute approximate surface area is 224 Å². The van der Waals surface area contributed by atoms with E-state index in [-0.39, 0.29) is 24.3 Å². The lowest BCUT2D eigenvalue weighted by atomic mass is 9.74. The minimum atomic E-state index is -1.23. The van der Waals surface area contributed by atoms with Crippen molar-refractivity contribution in [2.75, 3.05) is 37.7 Å². The van der Waals surface area contributed by atoms with Crippen LogP contribution in [-0.4, -0.2) is 82.7 Å². The molecular weight excluding hydrogens is 482 g/mol. The molecule has 1 N–H and O–H groups in total. The fourth-order valence-electron chi connectivity index (χ4n) is 6.80. The summed E-state index contributed by atoms with van der Waals surface area (Å²) in [6, 6.07) is 8.63. The number of unbranched alkanes of at least 4 members (excludes halogenated alkanes) is 3. The maximum atomic E-state index is 14.2. The summed E-state index contributed by atoms with van der Waals surface area (Å²) in [5, 5.41) is 9.38. The van der Waals surface area contributed by atoms with Crippen molar-refractivity contribution in [2.24, 2.45) is 11.8 Å². The van der Waals surface area contributed by atoms with Gasteiger partial charge >= 0.3 is 0 Å². The van der Waals surface area contributed by atoms with Crippen molar-refractivity contribution >= 4 is 23.4 Å². The van der Waals surface area contributed by atoms with Crippen LogP contribution in [0, 0.1) is 11.8 Å². The number of hydrogen-bond donors (Lipinski definition) is 1. The zero-order valence-corrected chi connectivity index (χ0v) is 22.4. The lowest BCUT2D eigenvalue weighted by Gasteiger charge is -2.37. The van der Waals surface area contributed by atoms with Gasteiger partial charge in [-0.1, -0.05) is 62.3 Å². The predicted molar refractivity (Wildman–Crippen MR) is 144 cm³/mol. The average molecular weight is 522 g/mol. The van der Waals surface area contributed by atoms with Gasteiger partial charge in [-0.05, 0) is 38.3 Å². The Morgan fingerprint density at radius 3 is 2.37 bits per heavy atom. The van der Waals surface area contributed by atoms with E-state index in [1.165, 1.54) is 0 Å². The fourth-order valence-corrected chi connectivity index (χ4v) is 6.80. The predicted octanol–water partition coefficient (Wildman–Crippen LogP) is 2.92. The molecule has 1 aromatic carbocycles. The molecule has 5 atom stereocenters. The first-order chi connectivity index (χ1) is 18.4. The third-order valence-electron chi connectivity index (χ3n) is 8.55. The molecule has 0 radical (unpaired) electrons. The molecule has 1 unspecified atom stereocenters. The molecule has 4 aliphatic rings. The number of rotatable bonds is 9. The van der Waals surface area contributed by atoms with Gasteiger partial charge in [0.05, 0.1) is 17.4 Å². The Bertz CT molecular complexity index is 1120. The fraction of sp³-hybridized carbons (Fsp3) is 0.567. The number of ether oxygens (including phenoxy) is 1. The molecule has 0 saturated carbocycles. The van der Waals surface area contributed by atoms with Crippen molar-refractivity contribution in [3.8, 4) is 0 Å². The van der Waals surface area contributed by atoms with E-state index in [1.807, 2.05) is 66.5 Å². The number of aliphatic hydroxyl groups excluding tert-OH is 1. The minimum absolute atomic E-state index is 0.0186. The van der Waals surface area contributed by atoms with Gasteiger partial charge in [0.25, 0.3) is 0 Å². The normalized spacial score (nSPS) is 32.3. The van der Waals surface area contributed by atoms with E-state index in [2.05, 4.69) is 6.92 Å². The maximum absolute atomic E-state index is 14.2. The Balaban J connectivity index is 1.56. The second-order valence-corrected chi connectivity index (χ2v) is 11.0. The molecule has 4 aliphatic heterocycles. The largest absolute Gasteiger partial charge is 0.396 e. The summed E-state index contributed by atoms with van der Waals surface area (Å²) in [7, 11) is 0. The van der Waals surface area contributed by atoms with Gasteiger partial charge in [-0.25, -0.2) is 0 Å². The van der Waals surface area contributed by atoms with Crippen LogP contribution < -0.4 is 4.90 Å². The van der Waals surface area contributed by atoms with Crippen molar-refractivity contribution in [3.63, 3.8) is 0 Å². The van der Waals surface area contributed by atoms with Crippen LogP contribution in [0.2, 0.25) is 0 Å². The van der Waals surface area contributed by atoms with E-state index in [4.69, 9.17) is 4.74 Å². The summed E-state index contributed by atoms with van der Waals surface area (Å²) in [4.78, 5) is 47.8. The Morgan fingerprint density at radius 1 is 0.895 bits per heavy atom. The van der Waals surface area contributed by atoms with Crippen LogP contribution in [0.5, 0.6) is 0 Å². The Hall–Kier alpha value is -2.97. The monoisotopic (exact) mass is 521 g/mol. The highest BCUT2D eigenvalue weighted by Gasteiger charge is 2.74. The second kappa shape index (κ2) is 10.7. The number of benzene rings is 1. The smallest absolute Gasteiger partial charge is 0.249 e. The van der Waals surface area contributed by atoms with E-state index in [0.29, 0.717) is 39.0 Å². The van der Waals surface area contributed by atoms with Gasteiger partial charge in [0.2, 0.25) is 17.7 Å². The summed E-state index contributed by atoms with van der Waals surface area (Å²) in [6.45, 7) is 5.81. The first kappa shape index (κ1) is 26.6. The lowest BCUT2D eigenvalue weighted by molar-refractivity contribution is -0.151. The van der Waals surface area contributed by atoms with Crippen LogP contribution in [0.3, 0.4) is 0 Å². The van der Waals surface area contributed by atoms with Crippen molar-refractivity contribution in [2.45, 2.75) is 63.2 Å². The number of para-hydroxylation sites is 1. The quantitative estimate of drug-likeness (QED) is 0.399. The van der Waals surface area contributed by atoms with Crippen LogP contribution in [-0.2, 0) is 19.1 Å². The minimum Gasteiger partial charge on any atom is -0.396 e. The number of aliphatic hydroxyl groups is 1. The molecule has 0 bridgehead atoms. The highest BCUT2D eigenvalue weighted by molar-refractivity contribution is 6.04. The molecular formula is C30H39N3O5. The Kier molecular flexibility index (Phi) is 7.47. The molecule has 2 fully saturated rings. The van der Waals surface area contributed by atoms with Crippen LogP contribution in [0.15, 0.2) is 54.6 Å². The average Bonchev–Trinajstić information content (AvgIpc) is 3.17. The second-order valence-electron chi connectivity index (χ2n) is 11.0. The van der Waals surface area contributed by atoms with Crippen LogP contribution >= 0.6 is 0 Å². The summed E-state index contributed by atoms with van der Waals surface area (Å²) in [5.74, 6) is -2.10. The molecule has 0 aromatic heterocycles. The standard InChI is InChI=1S/C30H39N3O5/c1-3-4-8-17-31-18-12-16-30-24(27(36)33(19-9-10-21-34)25(30)28(31)37)23-26(35)32(22-13-6-5-7-14-22)20-11-15-29(23,2)38-30/h5-7,11-16,23-25,34H,3-4,8-10,17-21H2,1-2H3/t23-,24-,25?,29+,30-/m0/s1. The zero-order chi connectivity index (χ0) is 26.9. The van der Waals surface area contributed by atoms with Gasteiger partial charge in [-0.2, -0.15) is 0 Å². The molecule has 4 heterocycles. The van der Waals surface area contributed by atoms with Crippen molar-refractivity contribution in [1.82, 2.24) is 9.80 Å². The first-order valence-electron chi connectivity index (χ1n) is 14.0. The molecule has 8 nitrogen and oxygen atoms in total. The van der Waals surface area contributed by atoms with E-state index < -0.39 is 29.1 Å². The van der Waals surface area contributed by atoms with E-state index in [9.17, 15) is 19.5 Å². The number of hydrogen-bond acceptors (Lipinski definition) is 5. The van der Waals surface area contributed by atoms with Gasteiger partial charge in [-0.15, -0.1) is 0 Å². The zero-order valence-electron chi connectivity index (χ0n) is 22.4. The lowest BCUT2D eigenvalue weighted by Crippen LogP contribution is -2.56. The topological polar surface area (TPSA) is 90.4 Å². The van der Waals surface area contributed by atoms with Gasteiger partial charge in [0.15, 0.2) is 0 Å². The van der Waals surface area contributed by atoms with Crippen LogP contribution in [0.4, 0.5) is 5.69 Å². The first-order valence-corrected chi connectivity index (χ1v) is 14.0. The number of likely N-dealkylation sites (tertiary alicyclic amines) is 1. The van der Waals surface area contributed by atoms with Crippen molar-refractivity contribution in [3.05, 3.63) is 54.6 Å². The number of fused-ring (bicyclic) bond motifs is 2. The summed E-state index contributed by atoms with van der Waals surface area (Å²) >= 11 is 0. The molecule has 8 heteroatoms. The number of amides is 3. The molecule has 204 valence electrons. The molecule has 3 amide bonds. The SMILES string of the molecule is CCCCCN1CC=C[C@]23O[C@]4(C)C=CCN(c5ccccc5)C(=O)[C@@H]4[C@H]2C(=O)N(CCCCO)C3C1=O. The number of carbonyl (C=O) groups excluding carboxylic acids is 3. The summed E-state index contributed by atoms with van der Waals surface area (Å²) in [5.41, 5.74) is -1.49. The molecule has 0 aliphatic carbocycles. The maximum Gasteiger partial charge on any atom is 0.249 e. The van der Waals surface area contributed by atoms with Crippen LogP contribution in [0.25, 0.3) is 0 Å². The van der Waals surface area contributed by atoms with Gasteiger partial charge in [0, 0.05) is 38.5 Å². The van der Waals surface area contributed by atoms with Crippen molar-refractivity contribution < 1.29 is 24.2 Å². The molecule has 1 spiro atoms. The molecule has 5 rings (SSSR count). The van der Waals surface area contributed by atoms with Crippen LogP contribution in [0.1, 0.15) is 46.0 Å². The number of anilines is 1. The Morgan fingerprint density at radius 2 is 1.63 bits per heavy atom. The summed E-state index contributed by atoms with van der Waals surface area (Å²) in [6.07, 6.45) is 11.8. The van der Waals surface area contributed by atoms with Crippen molar-refractivity contribution in [1.29, 1.82) is 0 Å². The number of nitrogens with zero attached hydrogens (tertiary/aromatic N) is 3. The highest BCUT2D eigenvalue weighted by Crippen LogP contribution is 2.57. The van der Waals surface area contributed by atoms with Gasteiger partial charge in [0.1, 0.15) is 11.6 Å². The molecule has 2 saturated heterocycles. The molecule has 1 aromatic rings. The molecule has 38 heavy (non-hydrogen) atoms. The van der Waals surface area contributed by atoms with Gasteiger partial charge < -0.3 is 24.5 Å². The third-order valence-corrected chi connectivity index (χ3v) is 8.55.